The molecule has 0 spiro atoms. The van der Waals surface area contributed by atoms with Gasteiger partial charge < -0.3 is 0 Å². The van der Waals surface area contributed by atoms with E-state index in [1.54, 1.807) is 25.1 Å². The summed E-state index contributed by atoms with van der Waals surface area (Å²) in [5.41, 5.74) is 1.03. The maximum absolute atomic E-state index is 12.6. The molecular formula is C14H13ClN2O4S. The van der Waals surface area contributed by atoms with Gasteiger partial charge in [-0.15, -0.1) is 0 Å². The molecule has 0 heterocycles. The van der Waals surface area contributed by atoms with Crippen molar-refractivity contribution >= 4 is 33.0 Å². The fourth-order valence-corrected chi connectivity index (χ4v) is 3.49. The van der Waals surface area contributed by atoms with E-state index in [2.05, 4.69) is 0 Å². The molecule has 0 fully saturated rings. The van der Waals surface area contributed by atoms with Gasteiger partial charge in [0.25, 0.3) is 15.7 Å². The van der Waals surface area contributed by atoms with E-state index in [1.165, 1.54) is 19.2 Å². The van der Waals surface area contributed by atoms with Crippen LogP contribution in [0.15, 0.2) is 47.4 Å². The lowest BCUT2D eigenvalue weighted by molar-refractivity contribution is -0.384. The Morgan fingerprint density at radius 1 is 1.14 bits per heavy atom. The molecule has 0 aromatic heterocycles. The van der Waals surface area contributed by atoms with Gasteiger partial charge in [0.15, 0.2) is 0 Å². The van der Waals surface area contributed by atoms with Crippen molar-refractivity contribution < 1.29 is 13.3 Å². The second-order valence-corrected chi connectivity index (χ2v) is 7.06. The van der Waals surface area contributed by atoms with E-state index in [0.29, 0.717) is 16.3 Å². The number of rotatable bonds is 4. The number of benzene rings is 2. The summed E-state index contributed by atoms with van der Waals surface area (Å²) in [6, 6.07) is 9.64. The van der Waals surface area contributed by atoms with Gasteiger partial charge in [0.1, 0.15) is 0 Å². The summed E-state index contributed by atoms with van der Waals surface area (Å²) in [4.78, 5) is 10.0. The number of sulfonamides is 1. The number of hydrogen-bond donors (Lipinski definition) is 0. The predicted octanol–water partition coefficient (Wildman–Crippen LogP) is 3.38. The Hall–Kier alpha value is -2.12. The van der Waals surface area contributed by atoms with E-state index in [1.807, 2.05) is 0 Å². The van der Waals surface area contributed by atoms with Crippen LogP contribution in [0.4, 0.5) is 11.4 Å². The van der Waals surface area contributed by atoms with E-state index < -0.39 is 14.9 Å². The van der Waals surface area contributed by atoms with Crippen molar-refractivity contribution in [3.8, 4) is 0 Å². The van der Waals surface area contributed by atoms with E-state index in [4.69, 9.17) is 11.6 Å². The van der Waals surface area contributed by atoms with Crippen LogP contribution >= 0.6 is 11.6 Å². The predicted molar refractivity (Wildman–Crippen MR) is 84.9 cm³/mol. The quantitative estimate of drug-likeness (QED) is 0.631. The first-order valence-corrected chi connectivity index (χ1v) is 8.05. The molecule has 0 bridgehead atoms. The Morgan fingerprint density at radius 3 is 2.23 bits per heavy atom. The highest BCUT2D eigenvalue weighted by molar-refractivity contribution is 7.92. The summed E-state index contributed by atoms with van der Waals surface area (Å²) in [7, 11) is -2.38. The zero-order valence-electron chi connectivity index (χ0n) is 11.9. The van der Waals surface area contributed by atoms with Gasteiger partial charge in [0.05, 0.1) is 15.5 Å². The first-order chi connectivity index (χ1) is 10.2. The summed E-state index contributed by atoms with van der Waals surface area (Å²) >= 11 is 5.87. The topological polar surface area (TPSA) is 80.5 Å². The van der Waals surface area contributed by atoms with E-state index in [0.717, 1.165) is 16.4 Å². The van der Waals surface area contributed by atoms with Crippen molar-refractivity contribution in [1.29, 1.82) is 0 Å². The molecule has 2 aromatic rings. The zero-order valence-corrected chi connectivity index (χ0v) is 13.4. The van der Waals surface area contributed by atoms with Crippen molar-refractivity contribution in [3.63, 3.8) is 0 Å². The van der Waals surface area contributed by atoms with E-state index in [9.17, 15) is 18.5 Å². The summed E-state index contributed by atoms with van der Waals surface area (Å²) in [6.45, 7) is 1.75. The van der Waals surface area contributed by atoms with Crippen molar-refractivity contribution in [1.82, 2.24) is 0 Å². The summed E-state index contributed by atoms with van der Waals surface area (Å²) < 4.78 is 26.3. The van der Waals surface area contributed by atoms with Crippen molar-refractivity contribution in [2.45, 2.75) is 11.8 Å². The molecule has 0 aliphatic rings. The maximum atomic E-state index is 12.6. The monoisotopic (exact) mass is 340 g/mol. The largest absolute Gasteiger partial charge is 0.269 e. The molecule has 6 nitrogen and oxygen atoms in total. The van der Waals surface area contributed by atoms with E-state index >= 15 is 0 Å². The second-order valence-electron chi connectivity index (χ2n) is 4.65. The van der Waals surface area contributed by atoms with Gasteiger partial charge in [-0.05, 0) is 42.8 Å². The van der Waals surface area contributed by atoms with Gasteiger partial charge in [-0.25, -0.2) is 8.42 Å². The first-order valence-electron chi connectivity index (χ1n) is 6.23. The minimum Gasteiger partial charge on any atom is -0.269 e. The van der Waals surface area contributed by atoms with Gasteiger partial charge in [-0.3, -0.25) is 14.4 Å². The molecule has 0 N–H and O–H groups in total. The highest BCUT2D eigenvalue weighted by Gasteiger charge is 2.23. The summed E-state index contributed by atoms with van der Waals surface area (Å²) in [5, 5.41) is 11.1. The van der Waals surface area contributed by atoms with Crippen molar-refractivity contribution in [3.05, 3.63) is 63.2 Å². The van der Waals surface area contributed by atoms with Crippen LogP contribution in [0.5, 0.6) is 0 Å². The van der Waals surface area contributed by atoms with Crippen LogP contribution in [0.1, 0.15) is 5.56 Å². The standard InChI is InChI=1S/C14H13ClN2O4S/c1-10-9-11(15)3-8-14(10)16(2)22(20,21)13-6-4-12(5-7-13)17(18)19/h3-9H,1-2H3. The molecule has 2 rings (SSSR count). The molecular weight excluding hydrogens is 328 g/mol. The third kappa shape index (κ3) is 3.05. The van der Waals surface area contributed by atoms with Gasteiger partial charge >= 0.3 is 0 Å². The third-order valence-corrected chi connectivity index (χ3v) is 5.22. The third-order valence-electron chi connectivity index (χ3n) is 3.20. The van der Waals surface area contributed by atoms with Crippen LogP contribution in [0.2, 0.25) is 5.02 Å². The molecule has 2 aromatic carbocycles. The molecule has 0 radical (unpaired) electrons. The van der Waals surface area contributed by atoms with Gasteiger partial charge in [0.2, 0.25) is 0 Å². The van der Waals surface area contributed by atoms with Gasteiger partial charge in [-0.1, -0.05) is 11.6 Å². The van der Waals surface area contributed by atoms with Crippen LogP contribution in [-0.2, 0) is 10.0 Å². The Morgan fingerprint density at radius 2 is 1.73 bits per heavy atom. The number of anilines is 1. The summed E-state index contributed by atoms with van der Waals surface area (Å²) in [5.74, 6) is 0. The molecule has 0 unspecified atom stereocenters. The number of nitrogens with zero attached hydrogens (tertiary/aromatic N) is 2. The van der Waals surface area contributed by atoms with Gasteiger partial charge in [0, 0.05) is 24.2 Å². The average molecular weight is 341 g/mol. The van der Waals surface area contributed by atoms with Crippen LogP contribution in [-0.4, -0.2) is 20.4 Å². The SMILES string of the molecule is Cc1cc(Cl)ccc1N(C)S(=O)(=O)c1ccc([N+](=O)[O-])cc1. The minimum atomic E-state index is -3.80. The number of hydrogen-bond acceptors (Lipinski definition) is 4. The Balaban J connectivity index is 2.42. The van der Waals surface area contributed by atoms with Crippen LogP contribution in [0.3, 0.4) is 0 Å². The Bertz CT molecular complexity index is 819. The minimum absolute atomic E-state index is 0.0186. The van der Waals surface area contributed by atoms with Crippen LogP contribution in [0, 0.1) is 17.0 Å². The molecule has 0 saturated heterocycles. The van der Waals surface area contributed by atoms with Crippen molar-refractivity contribution in [2.75, 3.05) is 11.4 Å². The molecule has 22 heavy (non-hydrogen) atoms. The normalized spacial score (nSPS) is 11.2. The number of nitro benzene ring substituents is 1. The Kier molecular flexibility index (Phi) is 4.39. The van der Waals surface area contributed by atoms with Gasteiger partial charge in [-0.2, -0.15) is 0 Å². The van der Waals surface area contributed by atoms with E-state index in [-0.39, 0.29) is 10.6 Å². The lowest BCUT2D eigenvalue weighted by atomic mass is 10.2. The lowest BCUT2D eigenvalue weighted by Crippen LogP contribution is -2.27. The number of aryl methyl sites for hydroxylation is 1. The number of halogens is 1. The molecule has 8 heteroatoms. The fourth-order valence-electron chi connectivity index (χ4n) is 2.00. The average Bonchev–Trinajstić information content (AvgIpc) is 2.46. The van der Waals surface area contributed by atoms with Crippen molar-refractivity contribution in [2.24, 2.45) is 0 Å². The summed E-state index contributed by atoms with van der Waals surface area (Å²) in [6.07, 6.45) is 0. The maximum Gasteiger partial charge on any atom is 0.269 e. The molecule has 0 aliphatic carbocycles. The fraction of sp³-hybridized carbons (Fsp3) is 0.143. The van der Waals surface area contributed by atoms with Crippen LogP contribution < -0.4 is 4.31 Å². The molecule has 0 amide bonds. The molecule has 0 saturated carbocycles. The highest BCUT2D eigenvalue weighted by atomic mass is 35.5. The Labute approximate surface area is 133 Å². The second kappa shape index (κ2) is 5.94. The highest BCUT2D eigenvalue weighted by Crippen LogP contribution is 2.28. The lowest BCUT2D eigenvalue weighted by Gasteiger charge is -2.21. The van der Waals surface area contributed by atoms with Crippen LogP contribution in [0.25, 0.3) is 0 Å². The smallest absolute Gasteiger partial charge is 0.269 e. The molecule has 0 atom stereocenters. The molecule has 116 valence electrons. The first kappa shape index (κ1) is 16.3. The molecule has 0 aliphatic heterocycles. The number of nitro groups is 1. The zero-order chi connectivity index (χ0) is 16.5. The number of non-ortho nitro benzene ring substituents is 1.